The molecule has 0 amide bonds. The zero-order valence-corrected chi connectivity index (χ0v) is 12.7. The number of ether oxygens (including phenoxy) is 1. The minimum Gasteiger partial charge on any atom is -0.455 e. The highest BCUT2D eigenvalue weighted by Gasteiger charge is 2.51. The van der Waals surface area contributed by atoms with Gasteiger partial charge in [0.2, 0.25) is 0 Å². The van der Waals surface area contributed by atoms with Gasteiger partial charge in [0.15, 0.2) is 0 Å². The summed E-state index contributed by atoms with van der Waals surface area (Å²) < 4.78 is 6.01. The summed E-state index contributed by atoms with van der Waals surface area (Å²) in [4.78, 5) is 12.0. The Hall–Kier alpha value is -0.790. The monoisotopic (exact) mass is 264 g/mol. The zero-order valence-electron chi connectivity index (χ0n) is 12.7. The van der Waals surface area contributed by atoms with E-state index in [0.29, 0.717) is 17.4 Å². The molecular formula is C17H28O2. The van der Waals surface area contributed by atoms with Crippen LogP contribution in [0.1, 0.15) is 65.7 Å². The van der Waals surface area contributed by atoms with E-state index in [2.05, 4.69) is 20.4 Å². The van der Waals surface area contributed by atoms with Gasteiger partial charge < -0.3 is 4.74 Å². The van der Waals surface area contributed by atoms with Gasteiger partial charge in [-0.15, -0.1) is 0 Å². The lowest BCUT2D eigenvalue weighted by Crippen LogP contribution is -2.46. The van der Waals surface area contributed by atoms with Gasteiger partial charge in [-0.1, -0.05) is 46.1 Å². The maximum atomic E-state index is 12.0. The molecule has 108 valence electrons. The first-order chi connectivity index (χ1) is 8.97. The van der Waals surface area contributed by atoms with Crippen molar-refractivity contribution in [1.82, 2.24) is 0 Å². The van der Waals surface area contributed by atoms with Crippen molar-refractivity contribution in [3.05, 3.63) is 12.2 Å². The molecule has 2 aliphatic rings. The van der Waals surface area contributed by atoms with Crippen LogP contribution < -0.4 is 0 Å². The van der Waals surface area contributed by atoms with Crippen LogP contribution in [-0.4, -0.2) is 11.6 Å². The molecule has 2 atom stereocenters. The molecule has 2 unspecified atom stereocenters. The molecule has 0 N–H and O–H groups in total. The van der Waals surface area contributed by atoms with E-state index in [1.165, 1.54) is 38.5 Å². The fourth-order valence-corrected chi connectivity index (χ4v) is 4.24. The average molecular weight is 264 g/mol. The van der Waals surface area contributed by atoms with Crippen LogP contribution >= 0.6 is 0 Å². The highest BCUT2D eigenvalue weighted by atomic mass is 16.6. The second kappa shape index (κ2) is 5.68. The van der Waals surface area contributed by atoms with E-state index < -0.39 is 0 Å². The largest absolute Gasteiger partial charge is 0.455 e. The third-order valence-electron chi connectivity index (χ3n) is 5.29. The fourth-order valence-electron chi connectivity index (χ4n) is 4.24. The molecule has 2 rings (SSSR count). The topological polar surface area (TPSA) is 26.3 Å². The Kier molecular flexibility index (Phi) is 4.37. The zero-order chi connectivity index (χ0) is 14.0. The second-order valence-electron chi connectivity index (χ2n) is 6.82. The van der Waals surface area contributed by atoms with E-state index in [0.717, 1.165) is 12.3 Å². The van der Waals surface area contributed by atoms with Crippen LogP contribution in [-0.2, 0) is 9.53 Å². The molecule has 2 aliphatic carbocycles. The van der Waals surface area contributed by atoms with Gasteiger partial charge in [-0.3, -0.25) is 0 Å². The van der Waals surface area contributed by atoms with Gasteiger partial charge in [0.1, 0.15) is 5.60 Å². The molecule has 2 fully saturated rings. The summed E-state index contributed by atoms with van der Waals surface area (Å²) in [6.45, 7) is 9.90. The van der Waals surface area contributed by atoms with Crippen LogP contribution in [0.2, 0.25) is 0 Å². The number of rotatable bonds is 4. The minimum atomic E-state index is -0.231. The molecule has 2 nitrogen and oxygen atoms in total. The highest BCUT2D eigenvalue weighted by molar-refractivity contribution is 5.87. The Labute approximate surface area is 117 Å². The maximum absolute atomic E-state index is 12.0. The van der Waals surface area contributed by atoms with Crippen LogP contribution in [0.5, 0.6) is 0 Å². The smallest absolute Gasteiger partial charge is 0.333 e. The number of hydrogen-bond acceptors (Lipinski definition) is 2. The van der Waals surface area contributed by atoms with Crippen molar-refractivity contribution in [3.63, 3.8) is 0 Å². The summed E-state index contributed by atoms with van der Waals surface area (Å²) in [5.74, 6) is 1.53. The van der Waals surface area contributed by atoms with E-state index in [1.54, 1.807) is 6.92 Å². The highest BCUT2D eigenvalue weighted by Crippen LogP contribution is 2.51. The van der Waals surface area contributed by atoms with Crippen molar-refractivity contribution in [2.24, 2.45) is 17.8 Å². The molecule has 0 aromatic carbocycles. The van der Waals surface area contributed by atoms with Gasteiger partial charge in [-0.2, -0.15) is 0 Å². The first-order valence-electron chi connectivity index (χ1n) is 7.86. The van der Waals surface area contributed by atoms with Crippen molar-refractivity contribution in [3.8, 4) is 0 Å². The third-order valence-corrected chi connectivity index (χ3v) is 5.29. The Balaban J connectivity index is 2.21. The molecule has 2 saturated carbocycles. The van der Waals surface area contributed by atoms with E-state index in [1.807, 2.05) is 0 Å². The molecular weight excluding hydrogens is 236 g/mol. The third kappa shape index (κ3) is 2.73. The molecule has 0 spiro atoms. The van der Waals surface area contributed by atoms with E-state index in [4.69, 9.17) is 4.74 Å². The standard InChI is InChI=1S/C17H28O2/c1-12(2)16(18)19-17(13(3)4)11-7-10-15(17)14-8-5-6-9-14/h13-15H,1,5-11H2,2-4H3. The summed E-state index contributed by atoms with van der Waals surface area (Å²) in [7, 11) is 0. The van der Waals surface area contributed by atoms with Crippen LogP contribution in [0, 0.1) is 17.8 Å². The number of hydrogen-bond donors (Lipinski definition) is 0. The SMILES string of the molecule is C=C(C)C(=O)OC1(C(C)C)CCCC1C1CCCC1. The lowest BCUT2D eigenvalue weighted by atomic mass is 9.73. The van der Waals surface area contributed by atoms with Crippen LogP contribution in [0.4, 0.5) is 0 Å². The molecule has 0 radical (unpaired) electrons. The Morgan fingerprint density at radius 1 is 1.21 bits per heavy atom. The van der Waals surface area contributed by atoms with Crippen molar-refractivity contribution >= 4 is 5.97 Å². The van der Waals surface area contributed by atoms with E-state index in [9.17, 15) is 4.79 Å². The number of carbonyl (C=O) groups excluding carboxylic acids is 1. The normalized spacial score (nSPS) is 31.9. The van der Waals surface area contributed by atoms with Gasteiger partial charge in [-0.05, 0) is 38.0 Å². The van der Waals surface area contributed by atoms with Crippen LogP contribution in [0.25, 0.3) is 0 Å². The molecule has 0 bridgehead atoms. The summed E-state index contributed by atoms with van der Waals surface area (Å²) in [6, 6.07) is 0. The molecule has 0 heterocycles. The Morgan fingerprint density at radius 2 is 1.84 bits per heavy atom. The van der Waals surface area contributed by atoms with Gasteiger partial charge in [0.25, 0.3) is 0 Å². The number of carbonyl (C=O) groups is 1. The predicted molar refractivity (Wildman–Crippen MR) is 77.8 cm³/mol. The van der Waals surface area contributed by atoms with Crippen LogP contribution in [0.15, 0.2) is 12.2 Å². The summed E-state index contributed by atoms with van der Waals surface area (Å²) in [6.07, 6.45) is 8.81. The lowest BCUT2D eigenvalue weighted by Gasteiger charge is -2.41. The van der Waals surface area contributed by atoms with Gasteiger partial charge in [-0.25, -0.2) is 4.79 Å². The summed E-state index contributed by atoms with van der Waals surface area (Å²) in [5.41, 5.74) is 0.294. The van der Waals surface area contributed by atoms with Crippen molar-refractivity contribution in [1.29, 1.82) is 0 Å². The van der Waals surface area contributed by atoms with E-state index >= 15 is 0 Å². The number of esters is 1. The first-order valence-corrected chi connectivity index (χ1v) is 7.86. The maximum Gasteiger partial charge on any atom is 0.333 e. The van der Waals surface area contributed by atoms with Crippen molar-refractivity contribution < 1.29 is 9.53 Å². The van der Waals surface area contributed by atoms with E-state index in [-0.39, 0.29) is 11.6 Å². The van der Waals surface area contributed by atoms with Gasteiger partial charge >= 0.3 is 5.97 Å². The predicted octanol–water partition coefficient (Wildman–Crippen LogP) is 4.49. The molecule has 2 heteroatoms. The molecule has 0 aromatic heterocycles. The molecule has 0 aromatic rings. The van der Waals surface area contributed by atoms with Crippen molar-refractivity contribution in [2.75, 3.05) is 0 Å². The lowest BCUT2D eigenvalue weighted by molar-refractivity contribution is -0.168. The molecule has 19 heavy (non-hydrogen) atoms. The quantitative estimate of drug-likeness (QED) is 0.552. The van der Waals surface area contributed by atoms with Crippen molar-refractivity contribution in [2.45, 2.75) is 71.3 Å². The molecule has 0 saturated heterocycles. The van der Waals surface area contributed by atoms with Gasteiger partial charge in [0.05, 0.1) is 0 Å². The Morgan fingerprint density at radius 3 is 2.37 bits per heavy atom. The van der Waals surface area contributed by atoms with Gasteiger partial charge in [0, 0.05) is 11.5 Å². The fraction of sp³-hybridized carbons (Fsp3) is 0.824. The second-order valence-corrected chi connectivity index (χ2v) is 6.82. The summed E-state index contributed by atoms with van der Waals surface area (Å²) >= 11 is 0. The first kappa shape index (κ1) is 14.6. The summed E-state index contributed by atoms with van der Waals surface area (Å²) in [5, 5.41) is 0. The average Bonchev–Trinajstić information content (AvgIpc) is 2.96. The minimum absolute atomic E-state index is 0.196. The Bertz CT molecular complexity index is 352. The molecule has 0 aliphatic heterocycles. The van der Waals surface area contributed by atoms with Crippen LogP contribution in [0.3, 0.4) is 0 Å².